The van der Waals surface area contributed by atoms with Crippen molar-refractivity contribution < 1.29 is 37.3 Å². The Labute approximate surface area is 138 Å². The van der Waals surface area contributed by atoms with E-state index in [0.717, 1.165) is 12.8 Å². The van der Waals surface area contributed by atoms with Crippen LogP contribution in [0.1, 0.15) is 26.7 Å². The average Bonchev–Trinajstić information content (AvgIpc) is 2.38. The molecule has 23 heavy (non-hydrogen) atoms. The summed E-state index contributed by atoms with van der Waals surface area (Å²) in [6.07, 6.45) is 1.13. The van der Waals surface area contributed by atoms with E-state index in [9.17, 15) is 14.3 Å². The van der Waals surface area contributed by atoms with Crippen LogP contribution < -0.4 is 0 Å². The molecule has 0 aromatic heterocycles. The number of nitrogens with zero attached hydrogens (tertiary/aromatic N) is 1. The third-order valence-electron chi connectivity index (χ3n) is 2.72. The summed E-state index contributed by atoms with van der Waals surface area (Å²) >= 11 is 0. The Bertz CT molecular complexity index is 384. The van der Waals surface area contributed by atoms with Gasteiger partial charge in [-0.05, 0) is 6.42 Å². The first-order valence-corrected chi connectivity index (χ1v) is 9.22. The number of carbonyl (C=O) groups excluding carboxylic acids is 1. The van der Waals surface area contributed by atoms with Crippen molar-refractivity contribution in [2.75, 3.05) is 54.1 Å². The molecule has 2 atom stereocenters. The number of quaternary nitrogens is 1. The molecule has 0 aliphatic rings. The SMILES string of the molecule is CCCCOCC(COP(=O)(O)OCC[N+](C)(C)C)OC(C)=O. The van der Waals surface area contributed by atoms with E-state index in [0.29, 0.717) is 17.6 Å². The van der Waals surface area contributed by atoms with E-state index in [-0.39, 0.29) is 19.8 Å². The fourth-order valence-electron chi connectivity index (χ4n) is 1.46. The van der Waals surface area contributed by atoms with E-state index < -0.39 is 19.9 Å². The number of unbranched alkanes of at least 4 members (excludes halogenated alkanes) is 1. The molecule has 8 nitrogen and oxygen atoms in total. The standard InChI is InChI=1S/C14H30NO7P/c1-6-7-9-19-11-14(22-13(2)16)12-21-23(17,18)20-10-8-15(3,4)5/h14H,6-12H2,1-5H3/p+1. The second kappa shape index (κ2) is 11.1. The van der Waals surface area contributed by atoms with Crippen molar-refractivity contribution in [3.05, 3.63) is 0 Å². The predicted octanol–water partition coefficient (Wildman–Crippen LogP) is 1.57. The van der Waals surface area contributed by atoms with Gasteiger partial charge in [0.25, 0.3) is 0 Å². The molecule has 0 aromatic rings. The van der Waals surface area contributed by atoms with Gasteiger partial charge in [-0.1, -0.05) is 13.3 Å². The van der Waals surface area contributed by atoms with Crippen molar-refractivity contribution in [2.45, 2.75) is 32.8 Å². The number of phosphoric ester groups is 1. The summed E-state index contributed by atoms with van der Waals surface area (Å²) in [7, 11) is 1.65. The zero-order valence-corrected chi connectivity index (χ0v) is 15.7. The number of esters is 1. The summed E-state index contributed by atoms with van der Waals surface area (Å²) in [6.45, 7) is 4.32. The van der Waals surface area contributed by atoms with Gasteiger partial charge in [0, 0.05) is 13.5 Å². The lowest BCUT2D eigenvalue weighted by Crippen LogP contribution is -2.37. The van der Waals surface area contributed by atoms with Crippen LogP contribution >= 0.6 is 7.82 Å². The average molecular weight is 356 g/mol. The Kier molecular flexibility index (Phi) is 10.9. The van der Waals surface area contributed by atoms with E-state index >= 15 is 0 Å². The number of likely N-dealkylation sites (N-methyl/N-ethyl adjacent to an activating group) is 1. The van der Waals surface area contributed by atoms with E-state index in [2.05, 4.69) is 0 Å². The van der Waals surface area contributed by atoms with Crippen LogP contribution in [0.4, 0.5) is 0 Å². The quantitative estimate of drug-likeness (QED) is 0.232. The number of phosphoric acid groups is 1. The molecule has 0 aliphatic heterocycles. The molecule has 138 valence electrons. The van der Waals surface area contributed by atoms with Crippen LogP contribution in [-0.2, 0) is 27.9 Å². The largest absolute Gasteiger partial charge is 0.472 e. The Morgan fingerprint density at radius 2 is 1.83 bits per heavy atom. The summed E-state index contributed by atoms with van der Waals surface area (Å²) in [5.74, 6) is -0.503. The first-order chi connectivity index (χ1) is 10.6. The summed E-state index contributed by atoms with van der Waals surface area (Å²) in [5.41, 5.74) is 0. The van der Waals surface area contributed by atoms with Crippen molar-refractivity contribution in [1.82, 2.24) is 0 Å². The maximum atomic E-state index is 11.8. The van der Waals surface area contributed by atoms with Crippen LogP contribution in [0.3, 0.4) is 0 Å². The number of rotatable bonds is 13. The lowest BCUT2D eigenvalue weighted by atomic mass is 10.3. The molecule has 0 fully saturated rings. The van der Waals surface area contributed by atoms with Crippen LogP contribution in [0.25, 0.3) is 0 Å². The summed E-state index contributed by atoms with van der Waals surface area (Å²) in [4.78, 5) is 20.7. The van der Waals surface area contributed by atoms with Crippen molar-refractivity contribution in [1.29, 1.82) is 0 Å². The Hall–Kier alpha value is -0.500. The predicted molar refractivity (Wildman–Crippen MR) is 85.9 cm³/mol. The summed E-state index contributed by atoms with van der Waals surface area (Å²) in [5, 5.41) is 0. The first-order valence-electron chi connectivity index (χ1n) is 7.73. The van der Waals surface area contributed by atoms with Gasteiger partial charge in [-0.2, -0.15) is 0 Å². The maximum absolute atomic E-state index is 11.8. The highest BCUT2D eigenvalue weighted by Crippen LogP contribution is 2.43. The molecule has 0 aliphatic carbocycles. The number of hydrogen-bond donors (Lipinski definition) is 1. The molecule has 0 spiro atoms. The molecule has 1 N–H and O–H groups in total. The molecule has 0 heterocycles. The molecule has 0 radical (unpaired) electrons. The molecule has 0 rings (SSSR count). The van der Waals surface area contributed by atoms with Crippen LogP contribution in [0.15, 0.2) is 0 Å². The first kappa shape index (κ1) is 22.5. The molecular formula is C14H31NO7P+. The Balaban J connectivity index is 4.23. The molecule has 2 unspecified atom stereocenters. The van der Waals surface area contributed by atoms with Crippen LogP contribution in [0.2, 0.25) is 0 Å². The van der Waals surface area contributed by atoms with Crippen molar-refractivity contribution in [3.63, 3.8) is 0 Å². The van der Waals surface area contributed by atoms with Gasteiger partial charge < -0.3 is 18.9 Å². The molecule has 0 saturated carbocycles. The Morgan fingerprint density at radius 1 is 1.17 bits per heavy atom. The van der Waals surface area contributed by atoms with E-state index in [1.165, 1.54) is 6.92 Å². The second-order valence-corrected chi connectivity index (χ2v) is 7.72. The lowest BCUT2D eigenvalue weighted by Gasteiger charge is -2.24. The van der Waals surface area contributed by atoms with Gasteiger partial charge in [-0.25, -0.2) is 4.57 Å². The third-order valence-corrected chi connectivity index (χ3v) is 3.70. The van der Waals surface area contributed by atoms with Gasteiger partial charge >= 0.3 is 13.8 Å². The summed E-state index contributed by atoms with van der Waals surface area (Å²) in [6, 6.07) is 0. The molecule has 0 saturated heterocycles. The third kappa shape index (κ3) is 14.8. The fraction of sp³-hybridized carbons (Fsp3) is 0.929. The van der Waals surface area contributed by atoms with E-state index in [1.54, 1.807) is 0 Å². The van der Waals surface area contributed by atoms with Crippen molar-refractivity contribution >= 4 is 13.8 Å². The lowest BCUT2D eigenvalue weighted by molar-refractivity contribution is -0.870. The topological polar surface area (TPSA) is 91.3 Å². The summed E-state index contributed by atoms with van der Waals surface area (Å²) < 4.78 is 32.5. The molecule has 9 heteroatoms. The fourth-order valence-corrected chi connectivity index (χ4v) is 2.20. The minimum Gasteiger partial charge on any atom is -0.458 e. The van der Waals surface area contributed by atoms with Gasteiger partial charge in [0.15, 0.2) is 0 Å². The highest BCUT2D eigenvalue weighted by molar-refractivity contribution is 7.47. The Morgan fingerprint density at radius 3 is 2.35 bits per heavy atom. The van der Waals surface area contributed by atoms with Gasteiger partial charge in [0.2, 0.25) is 0 Å². The highest BCUT2D eigenvalue weighted by atomic mass is 31.2. The van der Waals surface area contributed by atoms with Crippen molar-refractivity contribution in [2.24, 2.45) is 0 Å². The van der Waals surface area contributed by atoms with Gasteiger partial charge in [0.05, 0.1) is 34.4 Å². The minimum absolute atomic E-state index is 0.0858. The van der Waals surface area contributed by atoms with Gasteiger partial charge in [-0.15, -0.1) is 0 Å². The number of carbonyl (C=O) groups is 1. The number of ether oxygens (including phenoxy) is 2. The van der Waals surface area contributed by atoms with Crippen LogP contribution in [-0.4, -0.2) is 75.6 Å². The normalized spacial score (nSPS) is 15.9. The van der Waals surface area contributed by atoms with Gasteiger partial charge in [0.1, 0.15) is 19.3 Å². The van der Waals surface area contributed by atoms with E-state index in [1.807, 2.05) is 28.1 Å². The number of hydrogen-bond acceptors (Lipinski definition) is 6. The molecule has 0 bridgehead atoms. The van der Waals surface area contributed by atoms with Crippen LogP contribution in [0, 0.1) is 0 Å². The van der Waals surface area contributed by atoms with Crippen LogP contribution in [0.5, 0.6) is 0 Å². The molecule has 0 amide bonds. The monoisotopic (exact) mass is 356 g/mol. The zero-order valence-electron chi connectivity index (χ0n) is 14.8. The molecular weight excluding hydrogens is 325 g/mol. The van der Waals surface area contributed by atoms with E-state index in [4.69, 9.17) is 18.5 Å². The molecule has 0 aromatic carbocycles. The zero-order chi connectivity index (χ0) is 17.9. The second-order valence-electron chi connectivity index (χ2n) is 6.27. The maximum Gasteiger partial charge on any atom is 0.472 e. The van der Waals surface area contributed by atoms with Crippen molar-refractivity contribution in [3.8, 4) is 0 Å². The minimum atomic E-state index is -4.18. The highest BCUT2D eigenvalue weighted by Gasteiger charge is 2.25. The van der Waals surface area contributed by atoms with Gasteiger partial charge in [-0.3, -0.25) is 13.8 Å². The smallest absolute Gasteiger partial charge is 0.458 e.